The Morgan fingerprint density at radius 2 is 1.94 bits per heavy atom. The highest BCUT2D eigenvalue weighted by molar-refractivity contribution is 7.88. The van der Waals surface area contributed by atoms with Gasteiger partial charge in [-0.2, -0.15) is 8.42 Å². The third-order valence-electron chi connectivity index (χ3n) is 1.94. The van der Waals surface area contributed by atoms with Gasteiger partial charge in [0.25, 0.3) is 0 Å². The molecule has 2 aromatic rings. The van der Waals surface area contributed by atoms with Crippen LogP contribution < -0.4 is 0 Å². The highest BCUT2D eigenvalue weighted by Crippen LogP contribution is 2.31. The van der Waals surface area contributed by atoms with Crippen molar-refractivity contribution >= 4 is 33.1 Å². The molecule has 16 heavy (non-hydrogen) atoms. The van der Waals surface area contributed by atoms with Crippen molar-refractivity contribution in [2.24, 2.45) is 0 Å². The second kappa shape index (κ2) is 4.18. The molecule has 0 atom stereocenters. The molecule has 0 unspecified atom stereocenters. The van der Waals surface area contributed by atoms with E-state index in [2.05, 4.69) is 0 Å². The summed E-state index contributed by atoms with van der Waals surface area (Å²) in [6, 6.07) is 10.1. The van der Waals surface area contributed by atoms with Crippen LogP contribution in [0.5, 0.6) is 0 Å². The minimum atomic E-state index is -4.11. The summed E-state index contributed by atoms with van der Waals surface area (Å²) in [5.41, 5.74) is 0.826. The quantitative estimate of drug-likeness (QED) is 0.855. The van der Waals surface area contributed by atoms with Crippen molar-refractivity contribution in [3.05, 3.63) is 41.4 Å². The van der Waals surface area contributed by atoms with Gasteiger partial charge in [0.1, 0.15) is 4.21 Å². The second-order valence-corrected chi connectivity index (χ2v) is 6.27. The molecule has 0 radical (unpaired) electrons. The summed E-state index contributed by atoms with van der Waals surface area (Å²) in [5, 5.41) is 0.583. The number of thiophene rings is 1. The molecule has 0 fully saturated rings. The van der Waals surface area contributed by atoms with Crippen LogP contribution in [0.1, 0.15) is 0 Å². The highest BCUT2D eigenvalue weighted by Gasteiger charge is 2.13. The number of hydrogen-bond acceptors (Lipinski definition) is 3. The molecule has 0 bridgehead atoms. The lowest BCUT2D eigenvalue weighted by Gasteiger charge is -1.96. The lowest BCUT2D eigenvalue weighted by Crippen LogP contribution is -1.92. The van der Waals surface area contributed by atoms with Gasteiger partial charge in [0.05, 0.1) is 0 Å². The van der Waals surface area contributed by atoms with Gasteiger partial charge in [-0.1, -0.05) is 23.7 Å². The fraction of sp³-hybridized carbons (Fsp3) is 0. The Morgan fingerprint density at radius 1 is 1.19 bits per heavy atom. The van der Waals surface area contributed by atoms with Crippen LogP contribution in [0.15, 0.2) is 40.6 Å². The molecule has 1 aromatic carbocycles. The smallest absolute Gasteiger partial charge is 0.281 e. The maximum Gasteiger partial charge on any atom is 0.304 e. The molecule has 3 nitrogen and oxygen atoms in total. The average Bonchev–Trinajstić information content (AvgIpc) is 2.65. The number of benzene rings is 1. The van der Waals surface area contributed by atoms with E-state index in [1.54, 1.807) is 24.3 Å². The van der Waals surface area contributed by atoms with Gasteiger partial charge in [-0.25, -0.2) is 0 Å². The molecule has 0 spiro atoms. The predicted molar refractivity (Wildman–Crippen MR) is 64.6 cm³/mol. The predicted octanol–water partition coefficient (Wildman–Crippen LogP) is 3.32. The van der Waals surface area contributed by atoms with Gasteiger partial charge >= 0.3 is 10.1 Å². The van der Waals surface area contributed by atoms with Crippen molar-refractivity contribution < 1.29 is 13.0 Å². The van der Waals surface area contributed by atoms with Crippen LogP contribution in [0, 0.1) is 0 Å². The highest BCUT2D eigenvalue weighted by atomic mass is 35.5. The monoisotopic (exact) mass is 274 g/mol. The van der Waals surface area contributed by atoms with E-state index in [1.165, 1.54) is 6.07 Å². The van der Waals surface area contributed by atoms with Crippen molar-refractivity contribution in [3.63, 3.8) is 0 Å². The van der Waals surface area contributed by atoms with Crippen molar-refractivity contribution in [1.29, 1.82) is 0 Å². The zero-order chi connectivity index (χ0) is 11.8. The fourth-order valence-corrected chi connectivity index (χ4v) is 3.11. The Bertz CT molecular complexity index is 616. The summed E-state index contributed by atoms with van der Waals surface area (Å²) in [6.07, 6.45) is 0. The summed E-state index contributed by atoms with van der Waals surface area (Å²) in [4.78, 5) is 0.745. The summed E-state index contributed by atoms with van der Waals surface area (Å²) in [6.45, 7) is 0. The third kappa shape index (κ3) is 2.44. The maximum absolute atomic E-state index is 10.9. The lowest BCUT2D eigenvalue weighted by molar-refractivity contribution is 0.485. The zero-order valence-corrected chi connectivity index (χ0v) is 10.3. The summed E-state index contributed by atoms with van der Waals surface area (Å²) in [5.74, 6) is 0. The van der Waals surface area contributed by atoms with E-state index in [9.17, 15) is 8.42 Å². The SMILES string of the molecule is O=S(=O)(O)c1ccc(-c2cccc(Cl)c2)s1. The Kier molecular flexibility index (Phi) is 3.03. The first-order valence-electron chi connectivity index (χ1n) is 4.30. The number of hydrogen-bond donors (Lipinski definition) is 1. The third-order valence-corrected chi connectivity index (χ3v) is 4.64. The molecule has 0 saturated carbocycles. The van der Waals surface area contributed by atoms with Crippen molar-refractivity contribution in [2.45, 2.75) is 4.21 Å². The van der Waals surface area contributed by atoms with Crippen LogP contribution in [-0.2, 0) is 10.1 Å². The van der Waals surface area contributed by atoms with E-state index in [0.717, 1.165) is 21.8 Å². The molecule has 2 rings (SSSR count). The molecule has 84 valence electrons. The Balaban J connectivity index is 2.47. The molecule has 1 heterocycles. The van der Waals surface area contributed by atoms with Gasteiger partial charge in [-0.05, 0) is 29.8 Å². The van der Waals surface area contributed by atoms with Gasteiger partial charge in [0, 0.05) is 9.90 Å². The van der Waals surface area contributed by atoms with E-state index >= 15 is 0 Å². The molecule has 1 N–H and O–H groups in total. The Hall–Kier alpha value is -0.880. The number of halogens is 1. The minimum Gasteiger partial charge on any atom is -0.281 e. The Morgan fingerprint density at radius 3 is 2.50 bits per heavy atom. The standard InChI is InChI=1S/C10H7ClO3S2/c11-8-3-1-2-7(6-8)9-4-5-10(15-9)16(12,13)14/h1-6H,(H,12,13,14). The molecule has 0 saturated heterocycles. The summed E-state index contributed by atoms with van der Waals surface area (Å²) in [7, 11) is -4.11. The van der Waals surface area contributed by atoms with E-state index < -0.39 is 10.1 Å². The molecule has 0 aliphatic carbocycles. The van der Waals surface area contributed by atoms with Crippen LogP contribution in [-0.4, -0.2) is 13.0 Å². The molecule has 1 aromatic heterocycles. The van der Waals surface area contributed by atoms with E-state index in [4.69, 9.17) is 16.2 Å². The first-order chi connectivity index (χ1) is 7.47. The zero-order valence-electron chi connectivity index (χ0n) is 7.92. The molecule has 0 aliphatic heterocycles. The van der Waals surface area contributed by atoms with Gasteiger partial charge in [0.15, 0.2) is 0 Å². The molecular weight excluding hydrogens is 268 g/mol. The maximum atomic E-state index is 10.9. The Labute approximate surface area is 102 Å². The van der Waals surface area contributed by atoms with Crippen LogP contribution in [0.25, 0.3) is 10.4 Å². The largest absolute Gasteiger partial charge is 0.304 e. The van der Waals surface area contributed by atoms with Crippen LogP contribution in [0.4, 0.5) is 0 Å². The van der Waals surface area contributed by atoms with Gasteiger partial charge in [-0.15, -0.1) is 11.3 Å². The van der Waals surface area contributed by atoms with Gasteiger partial charge < -0.3 is 0 Å². The second-order valence-electron chi connectivity index (χ2n) is 3.10. The van der Waals surface area contributed by atoms with Gasteiger partial charge in [-0.3, -0.25) is 4.55 Å². The first-order valence-corrected chi connectivity index (χ1v) is 6.93. The van der Waals surface area contributed by atoms with E-state index in [1.807, 2.05) is 6.07 Å². The number of rotatable bonds is 2. The normalized spacial score (nSPS) is 11.6. The van der Waals surface area contributed by atoms with E-state index in [0.29, 0.717) is 5.02 Å². The summed E-state index contributed by atoms with van der Waals surface area (Å²) >= 11 is 6.83. The van der Waals surface area contributed by atoms with Crippen molar-refractivity contribution in [1.82, 2.24) is 0 Å². The van der Waals surface area contributed by atoms with Crippen LogP contribution in [0.3, 0.4) is 0 Å². The molecule has 0 aliphatic rings. The molecular formula is C10H7ClO3S2. The topological polar surface area (TPSA) is 54.4 Å². The average molecular weight is 275 g/mol. The van der Waals surface area contributed by atoms with E-state index in [-0.39, 0.29) is 4.21 Å². The molecule has 6 heteroatoms. The van der Waals surface area contributed by atoms with Crippen LogP contribution >= 0.6 is 22.9 Å². The van der Waals surface area contributed by atoms with Crippen LogP contribution in [0.2, 0.25) is 5.02 Å². The van der Waals surface area contributed by atoms with Gasteiger partial charge in [0.2, 0.25) is 0 Å². The summed E-state index contributed by atoms with van der Waals surface area (Å²) < 4.78 is 30.6. The van der Waals surface area contributed by atoms with Crippen molar-refractivity contribution in [2.75, 3.05) is 0 Å². The molecule has 0 amide bonds. The lowest BCUT2D eigenvalue weighted by atomic mass is 10.2. The minimum absolute atomic E-state index is 0.0672. The van der Waals surface area contributed by atoms with Crippen molar-refractivity contribution in [3.8, 4) is 10.4 Å². The first kappa shape index (κ1) is 11.6. The fourth-order valence-electron chi connectivity index (χ4n) is 1.26.